The fourth-order valence-corrected chi connectivity index (χ4v) is 7.45. The second-order valence-electron chi connectivity index (χ2n) is 7.78. The van der Waals surface area contributed by atoms with Crippen molar-refractivity contribution in [2.24, 2.45) is 35.5 Å². The van der Waals surface area contributed by atoms with Crippen LogP contribution in [0, 0.1) is 35.5 Å². The Bertz CT molecular complexity index is 461. The molecule has 0 nitrogen and oxygen atoms in total. The third-order valence-electron chi connectivity index (χ3n) is 7.74. The Balaban J connectivity index is 1.65. The van der Waals surface area contributed by atoms with E-state index in [0.29, 0.717) is 0 Å². The van der Waals surface area contributed by atoms with E-state index in [-0.39, 0.29) is 0 Å². The van der Waals surface area contributed by atoms with E-state index in [1.807, 2.05) is 33.4 Å². The number of hydrogen-bond acceptors (Lipinski definition) is 0. The summed E-state index contributed by atoms with van der Waals surface area (Å²) in [6.45, 7) is 0. The van der Waals surface area contributed by atoms with E-state index in [0.717, 1.165) is 35.5 Å². The zero-order valence-corrected chi connectivity index (χ0v) is 10.7. The summed E-state index contributed by atoms with van der Waals surface area (Å²) in [6.07, 6.45) is 9.12. The lowest BCUT2D eigenvalue weighted by molar-refractivity contribution is 0.519. The van der Waals surface area contributed by atoms with E-state index in [4.69, 9.17) is 0 Å². The Labute approximate surface area is 108 Å². The van der Waals surface area contributed by atoms with Crippen LogP contribution in [0.15, 0.2) is 33.4 Å². The zero-order valence-electron chi connectivity index (χ0n) is 10.7. The van der Waals surface area contributed by atoms with Crippen LogP contribution in [0.1, 0.15) is 38.5 Å². The van der Waals surface area contributed by atoms with Crippen LogP contribution in [0.25, 0.3) is 0 Å². The molecule has 0 atom stereocenters. The summed E-state index contributed by atoms with van der Waals surface area (Å²) in [5, 5.41) is 0. The number of rotatable bonds is 0. The second-order valence-corrected chi connectivity index (χ2v) is 7.78. The molecule has 0 heteroatoms. The van der Waals surface area contributed by atoms with Crippen molar-refractivity contribution in [2.45, 2.75) is 38.5 Å². The first-order valence-corrected chi connectivity index (χ1v) is 8.16. The van der Waals surface area contributed by atoms with Crippen LogP contribution in [0.2, 0.25) is 0 Å². The zero-order chi connectivity index (χ0) is 11.2. The standard InChI is InChI=1S/C18H18/c1-2-8-13-7(1)14(8)16-11-5-6-12(16)18(11)17-9-3-4-10(17)15(9)13/h7-12H,1-6H2. The van der Waals surface area contributed by atoms with Gasteiger partial charge < -0.3 is 0 Å². The monoisotopic (exact) mass is 234 g/mol. The highest BCUT2D eigenvalue weighted by Gasteiger charge is 2.64. The molecule has 9 fully saturated rings. The highest BCUT2D eigenvalue weighted by atomic mass is 14.7. The minimum atomic E-state index is 0.979. The highest BCUT2D eigenvalue weighted by molar-refractivity contribution is 5.68. The van der Waals surface area contributed by atoms with Crippen molar-refractivity contribution >= 4 is 0 Å². The van der Waals surface area contributed by atoms with Gasteiger partial charge in [-0.05, 0) is 38.5 Å². The molecule has 90 valence electrons. The van der Waals surface area contributed by atoms with Crippen molar-refractivity contribution in [3.05, 3.63) is 33.4 Å². The number of allylic oxidation sites excluding steroid dienone is 6. The first-order valence-electron chi connectivity index (χ1n) is 8.16. The van der Waals surface area contributed by atoms with Crippen molar-refractivity contribution in [3.63, 3.8) is 0 Å². The maximum absolute atomic E-state index is 2.00. The van der Waals surface area contributed by atoms with E-state index < -0.39 is 0 Å². The molecule has 15 aliphatic rings. The molecule has 0 N–H and O–H groups in total. The topological polar surface area (TPSA) is 0 Å². The smallest absolute Gasteiger partial charge is 0.00255 e. The van der Waals surface area contributed by atoms with Gasteiger partial charge in [-0.1, -0.05) is 33.4 Å². The van der Waals surface area contributed by atoms with Gasteiger partial charge in [-0.3, -0.25) is 0 Å². The summed E-state index contributed by atoms with van der Waals surface area (Å²) in [5.74, 6) is 5.87. The first-order chi connectivity index (χ1) is 8.95. The van der Waals surface area contributed by atoms with E-state index in [2.05, 4.69) is 0 Å². The van der Waals surface area contributed by atoms with Gasteiger partial charge in [0.1, 0.15) is 0 Å². The van der Waals surface area contributed by atoms with E-state index >= 15 is 0 Å². The Morgan fingerprint density at radius 3 is 0.667 bits per heavy atom. The van der Waals surface area contributed by atoms with Gasteiger partial charge in [0.25, 0.3) is 0 Å². The van der Waals surface area contributed by atoms with Crippen molar-refractivity contribution in [3.8, 4) is 0 Å². The average molecular weight is 234 g/mol. The molecule has 12 bridgehead atoms. The van der Waals surface area contributed by atoms with Crippen LogP contribution in [0.5, 0.6) is 0 Å². The van der Waals surface area contributed by atoms with Crippen LogP contribution in [0.4, 0.5) is 0 Å². The molecule has 0 heterocycles. The molecule has 0 spiro atoms. The summed E-state index contributed by atoms with van der Waals surface area (Å²) >= 11 is 0. The second kappa shape index (κ2) is 2.21. The van der Waals surface area contributed by atoms with Crippen molar-refractivity contribution in [1.82, 2.24) is 0 Å². The first kappa shape index (κ1) is 8.40. The maximum atomic E-state index is 2.00. The van der Waals surface area contributed by atoms with Crippen molar-refractivity contribution < 1.29 is 0 Å². The van der Waals surface area contributed by atoms with Crippen LogP contribution in [0.3, 0.4) is 0 Å². The SMILES string of the molecule is C1CC2C3=C4C5CCC4C5=C4C5CCC4C5=C2C13. The minimum Gasteiger partial charge on any atom is -0.0554 e. The third-order valence-corrected chi connectivity index (χ3v) is 7.74. The van der Waals surface area contributed by atoms with Gasteiger partial charge >= 0.3 is 0 Å². The maximum Gasteiger partial charge on any atom is 0.00255 e. The molecule has 15 rings (SSSR count). The van der Waals surface area contributed by atoms with E-state index in [1.54, 1.807) is 0 Å². The molecular formula is C18H18. The summed E-state index contributed by atoms with van der Waals surface area (Å²) < 4.78 is 0. The lowest BCUT2D eigenvalue weighted by Crippen LogP contribution is -2.31. The van der Waals surface area contributed by atoms with Gasteiger partial charge in [-0.2, -0.15) is 0 Å². The van der Waals surface area contributed by atoms with Gasteiger partial charge in [0.2, 0.25) is 0 Å². The lowest BCUT2D eigenvalue weighted by Gasteiger charge is -2.42. The summed E-state index contributed by atoms with van der Waals surface area (Å²) in [5.41, 5.74) is 12.0. The Morgan fingerprint density at radius 2 is 0.500 bits per heavy atom. The molecular weight excluding hydrogens is 216 g/mol. The van der Waals surface area contributed by atoms with Crippen LogP contribution < -0.4 is 0 Å². The molecule has 0 aromatic carbocycles. The quantitative estimate of drug-likeness (QED) is 0.556. The van der Waals surface area contributed by atoms with Gasteiger partial charge in [0.05, 0.1) is 0 Å². The highest BCUT2D eigenvalue weighted by Crippen LogP contribution is 2.76. The fourth-order valence-electron chi connectivity index (χ4n) is 7.45. The molecule has 9 saturated carbocycles. The van der Waals surface area contributed by atoms with Crippen LogP contribution in [-0.2, 0) is 0 Å². The van der Waals surface area contributed by atoms with E-state index in [1.165, 1.54) is 38.5 Å². The van der Waals surface area contributed by atoms with Gasteiger partial charge in [0, 0.05) is 35.5 Å². The summed E-state index contributed by atoms with van der Waals surface area (Å²) in [7, 11) is 0. The summed E-state index contributed by atoms with van der Waals surface area (Å²) in [6, 6.07) is 0. The van der Waals surface area contributed by atoms with Gasteiger partial charge in [-0.25, -0.2) is 0 Å². The molecule has 0 unspecified atom stereocenters. The van der Waals surface area contributed by atoms with Crippen molar-refractivity contribution in [1.29, 1.82) is 0 Å². The molecule has 15 aliphatic carbocycles. The molecule has 0 amide bonds. The fraction of sp³-hybridized carbons (Fsp3) is 0.667. The number of fused-ring (bicyclic) bond motifs is 3. The number of hydrogen-bond donors (Lipinski definition) is 0. The predicted octanol–water partition coefficient (Wildman–Crippen LogP) is 4.01. The van der Waals surface area contributed by atoms with Crippen molar-refractivity contribution in [2.75, 3.05) is 0 Å². The lowest BCUT2D eigenvalue weighted by atomic mass is 9.62. The van der Waals surface area contributed by atoms with Crippen LogP contribution in [-0.4, -0.2) is 0 Å². The van der Waals surface area contributed by atoms with Gasteiger partial charge in [-0.15, -0.1) is 0 Å². The predicted molar refractivity (Wildman–Crippen MR) is 69.7 cm³/mol. The molecule has 18 heavy (non-hydrogen) atoms. The molecule has 0 aromatic heterocycles. The normalized spacial score (nSPS) is 56.0. The molecule has 0 aliphatic heterocycles. The van der Waals surface area contributed by atoms with Crippen LogP contribution >= 0.6 is 0 Å². The Hall–Kier alpha value is -0.780. The largest absolute Gasteiger partial charge is 0.0554 e. The Morgan fingerprint density at radius 1 is 0.333 bits per heavy atom. The third kappa shape index (κ3) is 0.559. The Kier molecular flexibility index (Phi) is 1.03. The molecule has 0 radical (unpaired) electrons. The molecule has 0 aromatic rings. The summed E-state index contributed by atoms with van der Waals surface area (Å²) in [4.78, 5) is 0. The van der Waals surface area contributed by atoms with E-state index in [9.17, 15) is 0 Å². The minimum absolute atomic E-state index is 0.979. The van der Waals surface area contributed by atoms with Gasteiger partial charge in [0.15, 0.2) is 0 Å². The average Bonchev–Trinajstić information content (AvgIpc) is 3.13. The molecule has 0 saturated heterocycles.